The smallest absolute Gasteiger partial charge is 0.195 e. The molecule has 0 saturated carbocycles. The van der Waals surface area contributed by atoms with E-state index in [1.807, 2.05) is 6.07 Å². The first kappa shape index (κ1) is 9.68. The summed E-state index contributed by atoms with van der Waals surface area (Å²) in [5.41, 5.74) is 0.979. The highest BCUT2D eigenvalue weighted by Gasteiger charge is 2.16. The van der Waals surface area contributed by atoms with E-state index in [0.717, 1.165) is 0 Å². The van der Waals surface area contributed by atoms with E-state index in [9.17, 15) is 9.90 Å². The van der Waals surface area contributed by atoms with Gasteiger partial charge in [-0.1, -0.05) is 36.9 Å². The molecule has 1 unspecified atom stereocenters. The fraction of sp³-hybridized carbons (Fsp3) is 0.182. The minimum atomic E-state index is -1.08. The minimum Gasteiger partial charge on any atom is -0.381 e. The third-order valence-electron chi connectivity index (χ3n) is 1.77. The standard InChI is InChI=1S/C11H12O2/c1-8(2)10(12)11(13)9-6-4-3-5-7-9/h3-7,10,12H,1H2,2H3. The van der Waals surface area contributed by atoms with Crippen molar-refractivity contribution in [2.45, 2.75) is 13.0 Å². The van der Waals surface area contributed by atoms with E-state index < -0.39 is 6.10 Å². The van der Waals surface area contributed by atoms with E-state index in [1.54, 1.807) is 31.2 Å². The van der Waals surface area contributed by atoms with Crippen LogP contribution in [0.15, 0.2) is 42.5 Å². The van der Waals surface area contributed by atoms with Gasteiger partial charge in [-0.25, -0.2) is 0 Å². The molecule has 1 atom stereocenters. The third kappa shape index (κ3) is 2.26. The van der Waals surface area contributed by atoms with Crippen LogP contribution in [0, 0.1) is 0 Å². The Morgan fingerprint density at radius 2 is 1.92 bits per heavy atom. The lowest BCUT2D eigenvalue weighted by Crippen LogP contribution is -2.20. The molecule has 0 saturated heterocycles. The molecule has 0 aliphatic carbocycles. The van der Waals surface area contributed by atoms with Crippen molar-refractivity contribution in [2.24, 2.45) is 0 Å². The second-order valence-electron chi connectivity index (χ2n) is 2.98. The highest BCUT2D eigenvalue weighted by atomic mass is 16.3. The van der Waals surface area contributed by atoms with Gasteiger partial charge in [0.15, 0.2) is 5.78 Å². The molecule has 0 fully saturated rings. The van der Waals surface area contributed by atoms with E-state index >= 15 is 0 Å². The SMILES string of the molecule is C=C(C)C(O)C(=O)c1ccccc1. The van der Waals surface area contributed by atoms with Crippen molar-refractivity contribution in [2.75, 3.05) is 0 Å². The van der Waals surface area contributed by atoms with E-state index in [2.05, 4.69) is 6.58 Å². The number of carbonyl (C=O) groups is 1. The van der Waals surface area contributed by atoms with Gasteiger partial charge in [0.1, 0.15) is 6.10 Å². The largest absolute Gasteiger partial charge is 0.381 e. The highest BCUT2D eigenvalue weighted by molar-refractivity contribution is 6.00. The van der Waals surface area contributed by atoms with Gasteiger partial charge >= 0.3 is 0 Å². The summed E-state index contributed by atoms with van der Waals surface area (Å²) in [5.74, 6) is -0.298. The molecule has 0 amide bonds. The van der Waals surface area contributed by atoms with Crippen molar-refractivity contribution < 1.29 is 9.90 Å². The Morgan fingerprint density at radius 3 is 2.38 bits per heavy atom. The molecule has 0 aliphatic heterocycles. The summed E-state index contributed by atoms with van der Waals surface area (Å²) in [5, 5.41) is 9.40. The third-order valence-corrected chi connectivity index (χ3v) is 1.77. The molecule has 0 aliphatic rings. The molecule has 2 nitrogen and oxygen atoms in total. The molecule has 0 spiro atoms. The van der Waals surface area contributed by atoms with Crippen LogP contribution in [0.5, 0.6) is 0 Å². The fourth-order valence-corrected chi connectivity index (χ4v) is 0.984. The zero-order chi connectivity index (χ0) is 9.84. The summed E-state index contributed by atoms with van der Waals surface area (Å²) in [7, 11) is 0. The van der Waals surface area contributed by atoms with Gasteiger partial charge in [0.2, 0.25) is 0 Å². The molecule has 1 rings (SSSR count). The van der Waals surface area contributed by atoms with Gasteiger partial charge in [0, 0.05) is 5.56 Å². The Kier molecular flexibility index (Phi) is 2.98. The summed E-state index contributed by atoms with van der Waals surface area (Å²) < 4.78 is 0. The van der Waals surface area contributed by atoms with Crippen LogP contribution < -0.4 is 0 Å². The zero-order valence-electron chi connectivity index (χ0n) is 7.53. The first-order valence-electron chi connectivity index (χ1n) is 4.05. The average molecular weight is 176 g/mol. The number of carbonyl (C=O) groups excluding carboxylic acids is 1. The molecule has 68 valence electrons. The quantitative estimate of drug-likeness (QED) is 0.563. The van der Waals surface area contributed by atoms with Gasteiger partial charge in [-0.2, -0.15) is 0 Å². The first-order valence-corrected chi connectivity index (χ1v) is 4.05. The lowest BCUT2D eigenvalue weighted by Gasteiger charge is -2.08. The average Bonchev–Trinajstić information content (AvgIpc) is 2.17. The van der Waals surface area contributed by atoms with Crippen LogP contribution in [0.3, 0.4) is 0 Å². The molecule has 1 aromatic carbocycles. The number of hydrogen-bond donors (Lipinski definition) is 1. The number of Topliss-reactive ketones (excluding diaryl/α,β-unsaturated/α-hetero) is 1. The Labute approximate surface area is 77.5 Å². The van der Waals surface area contributed by atoms with Gasteiger partial charge in [-0.15, -0.1) is 0 Å². The number of ketones is 1. The maximum absolute atomic E-state index is 11.5. The van der Waals surface area contributed by atoms with Crippen molar-refractivity contribution in [1.29, 1.82) is 0 Å². The summed E-state index contributed by atoms with van der Waals surface area (Å²) >= 11 is 0. The van der Waals surface area contributed by atoms with Gasteiger partial charge < -0.3 is 5.11 Å². The Bertz CT molecular complexity index is 314. The molecule has 13 heavy (non-hydrogen) atoms. The molecular formula is C11H12O2. The van der Waals surface area contributed by atoms with Crippen LogP contribution in [0.4, 0.5) is 0 Å². The summed E-state index contributed by atoms with van der Waals surface area (Å²) in [6.45, 7) is 5.16. The lowest BCUT2D eigenvalue weighted by molar-refractivity contribution is 0.0806. The number of hydrogen-bond acceptors (Lipinski definition) is 2. The molecule has 2 heteroatoms. The van der Waals surface area contributed by atoms with Gasteiger partial charge in [-0.05, 0) is 12.5 Å². The van der Waals surface area contributed by atoms with E-state index in [-0.39, 0.29) is 5.78 Å². The molecule has 1 aromatic rings. The van der Waals surface area contributed by atoms with Gasteiger partial charge in [-0.3, -0.25) is 4.79 Å². The number of aliphatic hydroxyl groups excluding tert-OH is 1. The summed E-state index contributed by atoms with van der Waals surface area (Å²) in [6, 6.07) is 8.70. The predicted octanol–water partition coefficient (Wildman–Crippen LogP) is 1.81. The van der Waals surface area contributed by atoms with Crippen LogP contribution in [0.1, 0.15) is 17.3 Å². The molecule has 0 radical (unpaired) electrons. The van der Waals surface area contributed by atoms with Crippen LogP contribution in [0.2, 0.25) is 0 Å². The number of rotatable bonds is 3. The first-order chi connectivity index (χ1) is 6.13. The van der Waals surface area contributed by atoms with Crippen LogP contribution in [-0.4, -0.2) is 17.0 Å². The molecular weight excluding hydrogens is 164 g/mol. The second-order valence-corrected chi connectivity index (χ2v) is 2.98. The monoisotopic (exact) mass is 176 g/mol. The lowest BCUT2D eigenvalue weighted by atomic mass is 10.0. The number of benzene rings is 1. The molecule has 0 bridgehead atoms. The van der Waals surface area contributed by atoms with E-state index in [4.69, 9.17) is 0 Å². The van der Waals surface area contributed by atoms with E-state index in [0.29, 0.717) is 11.1 Å². The Balaban J connectivity index is 2.86. The highest BCUT2D eigenvalue weighted by Crippen LogP contribution is 2.08. The fourth-order valence-electron chi connectivity index (χ4n) is 0.984. The number of aliphatic hydroxyl groups is 1. The maximum Gasteiger partial charge on any atom is 0.195 e. The summed E-state index contributed by atoms with van der Waals surface area (Å²) in [4.78, 5) is 11.5. The second kappa shape index (κ2) is 4.01. The molecule has 0 aromatic heterocycles. The molecule has 0 heterocycles. The van der Waals surface area contributed by atoms with Crippen LogP contribution >= 0.6 is 0 Å². The maximum atomic E-state index is 11.5. The minimum absolute atomic E-state index is 0.298. The topological polar surface area (TPSA) is 37.3 Å². The Morgan fingerprint density at radius 1 is 1.38 bits per heavy atom. The van der Waals surface area contributed by atoms with Crippen molar-refractivity contribution in [3.8, 4) is 0 Å². The predicted molar refractivity (Wildman–Crippen MR) is 51.6 cm³/mol. The van der Waals surface area contributed by atoms with Gasteiger partial charge in [0.05, 0.1) is 0 Å². The Hall–Kier alpha value is -1.41. The van der Waals surface area contributed by atoms with Gasteiger partial charge in [0.25, 0.3) is 0 Å². The van der Waals surface area contributed by atoms with Crippen LogP contribution in [-0.2, 0) is 0 Å². The van der Waals surface area contributed by atoms with E-state index in [1.165, 1.54) is 0 Å². The van der Waals surface area contributed by atoms with Crippen molar-refractivity contribution in [3.05, 3.63) is 48.0 Å². The normalized spacial score (nSPS) is 12.2. The van der Waals surface area contributed by atoms with Crippen LogP contribution in [0.25, 0.3) is 0 Å². The zero-order valence-corrected chi connectivity index (χ0v) is 7.53. The summed E-state index contributed by atoms with van der Waals surface area (Å²) in [6.07, 6.45) is -1.08. The molecule has 1 N–H and O–H groups in total. The van der Waals surface area contributed by atoms with Crippen molar-refractivity contribution in [1.82, 2.24) is 0 Å². The van der Waals surface area contributed by atoms with Crippen molar-refractivity contribution >= 4 is 5.78 Å². The van der Waals surface area contributed by atoms with Crippen molar-refractivity contribution in [3.63, 3.8) is 0 Å².